The van der Waals surface area contributed by atoms with E-state index in [9.17, 15) is 14.0 Å². The van der Waals surface area contributed by atoms with Gasteiger partial charge in [0.15, 0.2) is 0 Å². The van der Waals surface area contributed by atoms with Gasteiger partial charge in [-0.05, 0) is 49.9 Å². The molecule has 0 bridgehead atoms. The molecule has 2 atom stereocenters. The van der Waals surface area contributed by atoms with Crippen molar-refractivity contribution in [3.63, 3.8) is 0 Å². The number of nitrogens with two attached hydrogens (primary N) is 1. The van der Waals surface area contributed by atoms with Gasteiger partial charge in [0, 0.05) is 30.6 Å². The Morgan fingerprint density at radius 3 is 2.39 bits per heavy atom. The highest BCUT2D eigenvalue weighted by Gasteiger charge is 2.27. The number of rotatable bonds is 6. The van der Waals surface area contributed by atoms with Crippen molar-refractivity contribution in [2.75, 3.05) is 13.1 Å². The maximum absolute atomic E-state index is 12.8. The van der Waals surface area contributed by atoms with E-state index in [4.69, 9.17) is 5.73 Å². The SMILES string of the molecule is Cl.NC1CCC(C(=O)NCCCNC(=O)c2ccc(F)cc2)C1. The summed E-state index contributed by atoms with van der Waals surface area (Å²) in [5.41, 5.74) is 6.21. The van der Waals surface area contributed by atoms with Crippen LogP contribution in [0.15, 0.2) is 24.3 Å². The second-order valence-electron chi connectivity index (χ2n) is 5.68. The topological polar surface area (TPSA) is 84.2 Å². The average Bonchev–Trinajstić information content (AvgIpc) is 2.94. The molecule has 1 aliphatic carbocycles. The van der Waals surface area contributed by atoms with Crippen molar-refractivity contribution in [3.8, 4) is 0 Å². The van der Waals surface area contributed by atoms with E-state index in [-0.39, 0.29) is 42.0 Å². The predicted octanol–water partition coefficient (Wildman–Crippen LogP) is 1.61. The second kappa shape index (κ2) is 9.47. The van der Waals surface area contributed by atoms with Gasteiger partial charge in [-0.3, -0.25) is 9.59 Å². The molecule has 5 nitrogen and oxygen atoms in total. The summed E-state index contributed by atoms with van der Waals surface area (Å²) in [6.45, 7) is 0.981. The second-order valence-corrected chi connectivity index (χ2v) is 5.68. The largest absolute Gasteiger partial charge is 0.356 e. The molecular formula is C16H23ClFN3O2. The summed E-state index contributed by atoms with van der Waals surface area (Å²) >= 11 is 0. The van der Waals surface area contributed by atoms with E-state index in [1.165, 1.54) is 24.3 Å². The van der Waals surface area contributed by atoms with Crippen LogP contribution in [-0.4, -0.2) is 30.9 Å². The Kier molecular flexibility index (Phi) is 7.98. The van der Waals surface area contributed by atoms with Crippen molar-refractivity contribution in [2.45, 2.75) is 31.7 Å². The summed E-state index contributed by atoms with van der Waals surface area (Å²) < 4.78 is 12.8. The minimum atomic E-state index is -0.370. The van der Waals surface area contributed by atoms with E-state index < -0.39 is 0 Å². The molecule has 1 fully saturated rings. The van der Waals surface area contributed by atoms with E-state index in [0.29, 0.717) is 25.1 Å². The third kappa shape index (κ3) is 6.15. The Bertz CT molecular complexity index is 525. The lowest BCUT2D eigenvalue weighted by Gasteiger charge is -2.11. The van der Waals surface area contributed by atoms with Gasteiger partial charge in [0.1, 0.15) is 5.82 Å². The number of carbonyl (C=O) groups is 2. The summed E-state index contributed by atoms with van der Waals surface area (Å²) in [5.74, 6) is -0.527. The molecular weight excluding hydrogens is 321 g/mol. The van der Waals surface area contributed by atoms with Gasteiger partial charge < -0.3 is 16.4 Å². The van der Waals surface area contributed by atoms with Gasteiger partial charge in [-0.2, -0.15) is 0 Å². The minimum absolute atomic E-state index is 0. The summed E-state index contributed by atoms with van der Waals surface area (Å²) in [6.07, 6.45) is 3.17. The molecule has 0 saturated heterocycles. The molecule has 2 unspecified atom stereocenters. The van der Waals surface area contributed by atoms with Gasteiger partial charge in [0.05, 0.1) is 0 Å². The molecule has 2 amide bonds. The number of halogens is 2. The Hall–Kier alpha value is -1.66. The van der Waals surface area contributed by atoms with Crippen LogP contribution >= 0.6 is 12.4 Å². The van der Waals surface area contributed by atoms with Crippen molar-refractivity contribution in [1.29, 1.82) is 0 Å². The summed E-state index contributed by atoms with van der Waals surface area (Å²) in [6, 6.07) is 5.53. The van der Waals surface area contributed by atoms with Crippen molar-refractivity contribution >= 4 is 24.2 Å². The number of hydrogen-bond acceptors (Lipinski definition) is 3. The highest BCUT2D eigenvalue weighted by atomic mass is 35.5. The molecule has 2 rings (SSSR count). The van der Waals surface area contributed by atoms with Crippen LogP contribution < -0.4 is 16.4 Å². The molecule has 1 saturated carbocycles. The van der Waals surface area contributed by atoms with Crippen LogP contribution in [0, 0.1) is 11.7 Å². The first kappa shape index (κ1) is 19.4. The number of benzene rings is 1. The molecule has 0 aromatic heterocycles. The Labute approximate surface area is 141 Å². The van der Waals surface area contributed by atoms with Crippen LogP contribution in [-0.2, 0) is 4.79 Å². The standard InChI is InChI=1S/C16H22FN3O2.ClH/c17-13-5-2-11(3-6-13)15(21)19-8-1-9-20-16(22)12-4-7-14(18)10-12;/h2-3,5-6,12,14H,1,4,7-10,18H2,(H,19,21)(H,20,22);1H. The van der Waals surface area contributed by atoms with Crippen molar-refractivity contribution < 1.29 is 14.0 Å². The fourth-order valence-corrected chi connectivity index (χ4v) is 2.60. The number of hydrogen-bond donors (Lipinski definition) is 3. The van der Waals surface area contributed by atoms with Crippen molar-refractivity contribution in [3.05, 3.63) is 35.6 Å². The van der Waals surface area contributed by atoms with Gasteiger partial charge in [-0.15, -0.1) is 12.4 Å². The molecule has 0 aliphatic heterocycles. The van der Waals surface area contributed by atoms with Gasteiger partial charge in [0.25, 0.3) is 5.91 Å². The van der Waals surface area contributed by atoms with Gasteiger partial charge >= 0.3 is 0 Å². The third-order valence-corrected chi connectivity index (χ3v) is 3.89. The van der Waals surface area contributed by atoms with Crippen LogP contribution in [0.25, 0.3) is 0 Å². The Balaban J connectivity index is 0.00000264. The van der Waals surface area contributed by atoms with E-state index in [2.05, 4.69) is 10.6 Å². The predicted molar refractivity (Wildman–Crippen MR) is 88.9 cm³/mol. The summed E-state index contributed by atoms with van der Waals surface area (Å²) in [7, 11) is 0. The van der Waals surface area contributed by atoms with E-state index in [1.807, 2.05) is 0 Å². The van der Waals surface area contributed by atoms with E-state index in [0.717, 1.165) is 19.3 Å². The van der Waals surface area contributed by atoms with E-state index in [1.54, 1.807) is 0 Å². The first-order valence-electron chi connectivity index (χ1n) is 7.63. The van der Waals surface area contributed by atoms with Crippen LogP contribution in [0.2, 0.25) is 0 Å². The Morgan fingerprint density at radius 1 is 1.13 bits per heavy atom. The monoisotopic (exact) mass is 343 g/mol. The molecule has 0 radical (unpaired) electrons. The quantitative estimate of drug-likeness (QED) is 0.686. The van der Waals surface area contributed by atoms with Gasteiger partial charge in [-0.25, -0.2) is 4.39 Å². The molecule has 7 heteroatoms. The zero-order chi connectivity index (χ0) is 15.9. The minimum Gasteiger partial charge on any atom is -0.356 e. The fraction of sp³-hybridized carbons (Fsp3) is 0.500. The lowest BCUT2D eigenvalue weighted by atomic mass is 10.1. The molecule has 4 N–H and O–H groups in total. The molecule has 23 heavy (non-hydrogen) atoms. The number of nitrogens with one attached hydrogen (secondary N) is 2. The Morgan fingerprint density at radius 2 is 1.78 bits per heavy atom. The normalized spacial score (nSPS) is 19.7. The molecule has 1 aromatic carbocycles. The number of carbonyl (C=O) groups excluding carboxylic acids is 2. The third-order valence-electron chi connectivity index (χ3n) is 3.89. The van der Waals surface area contributed by atoms with Crippen molar-refractivity contribution in [1.82, 2.24) is 10.6 Å². The molecule has 128 valence electrons. The molecule has 1 aliphatic rings. The van der Waals surface area contributed by atoms with Crippen LogP contribution in [0.4, 0.5) is 4.39 Å². The summed E-state index contributed by atoms with van der Waals surface area (Å²) in [4.78, 5) is 23.6. The van der Waals surface area contributed by atoms with Gasteiger partial charge in [0.2, 0.25) is 5.91 Å². The maximum Gasteiger partial charge on any atom is 0.251 e. The fourth-order valence-electron chi connectivity index (χ4n) is 2.60. The summed E-state index contributed by atoms with van der Waals surface area (Å²) in [5, 5.41) is 5.61. The van der Waals surface area contributed by atoms with Crippen LogP contribution in [0.3, 0.4) is 0 Å². The van der Waals surface area contributed by atoms with E-state index >= 15 is 0 Å². The molecule has 0 spiro atoms. The first-order valence-corrected chi connectivity index (χ1v) is 7.63. The molecule has 1 aromatic rings. The van der Waals surface area contributed by atoms with Crippen LogP contribution in [0.5, 0.6) is 0 Å². The maximum atomic E-state index is 12.8. The van der Waals surface area contributed by atoms with Crippen LogP contribution in [0.1, 0.15) is 36.0 Å². The highest BCUT2D eigenvalue weighted by molar-refractivity contribution is 5.94. The lowest BCUT2D eigenvalue weighted by Crippen LogP contribution is -2.33. The van der Waals surface area contributed by atoms with Crippen molar-refractivity contribution in [2.24, 2.45) is 11.7 Å². The average molecular weight is 344 g/mol. The lowest BCUT2D eigenvalue weighted by molar-refractivity contribution is -0.124. The smallest absolute Gasteiger partial charge is 0.251 e. The van der Waals surface area contributed by atoms with Gasteiger partial charge in [-0.1, -0.05) is 0 Å². The first-order chi connectivity index (χ1) is 10.6. The number of amides is 2. The molecule has 0 heterocycles. The zero-order valence-electron chi connectivity index (χ0n) is 12.9. The zero-order valence-corrected chi connectivity index (χ0v) is 13.7. The highest BCUT2D eigenvalue weighted by Crippen LogP contribution is 2.23.